The van der Waals surface area contributed by atoms with E-state index in [0.717, 1.165) is 11.3 Å². The molecule has 140 valence electrons. The van der Waals surface area contributed by atoms with Gasteiger partial charge in [0.2, 0.25) is 0 Å². The number of fused-ring (bicyclic) bond motifs is 1. The van der Waals surface area contributed by atoms with Gasteiger partial charge in [0.25, 0.3) is 5.56 Å². The number of anilines is 2. The summed E-state index contributed by atoms with van der Waals surface area (Å²) < 4.78 is 15.1. The fourth-order valence-corrected chi connectivity index (χ4v) is 4.16. The van der Waals surface area contributed by atoms with E-state index in [0.29, 0.717) is 32.8 Å². The Morgan fingerprint density at radius 2 is 1.86 bits per heavy atom. The van der Waals surface area contributed by atoms with Crippen molar-refractivity contribution in [2.75, 3.05) is 5.32 Å². The van der Waals surface area contributed by atoms with Crippen molar-refractivity contribution in [3.8, 4) is 5.69 Å². The molecule has 0 spiro atoms. The highest BCUT2D eigenvalue weighted by Gasteiger charge is 2.21. The first-order chi connectivity index (χ1) is 13.5. The molecule has 4 aromatic rings. The molecule has 0 radical (unpaired) electrons. The molecular formula is C21H15FN2O3S. The van der Waals surface area contributed by atoms with Crippen LogP contribution in [0.3, 0.4) is 0 Å². The van der Waals surface area contributed by atoms with Crippen LogP contribution < -0.4 is 10.9 Å². The second-order valence-corrected chi connectivity index (χ2v) is 7.26. The first-order valence-electron chi connectivity index (χ1n) is 8.46. The van der Waals surface area contributed by atoms with Crippen LogP contribution in [0.4, 0.5) is 15.8 Å². The van der Waals surface area contributed by atoms with Crippen LogP contribution in [0.25, 0.3) is 15.9 Å². The molecule has 0 atom stereocenters. The number of para-hydroxylation sites is 1. The lowest BCUT2D eigenvalue weighted by atomic mass is 10.2. The molecule has 0 saturated carbocycles. The molecule has 5 nitrogen and oxygen atoms in total. The van der Waals surface area contributed by atoms with E-state index in [1.807, 2.05) is 18.2 Å². The number of benzene rings is 2. The first-order valence-corrected chi connectivity index (χ1v) is 9.28. The van der Waals surface area contributed by atoms with Crippen LogP contribution in [0.1, 0.15) is 15.2 Å². The number of carboxylic acid groups (broad SMARTS) is 1. The van der Waals surface area contributed by atoms with E-state index in [4.69, 9.17) is 0 Å². The minimum absolute atomic E-state index is 0.0762. The Morgan fingerprint density at radius 3 is 2.54 bits per heavy atom. The maximum absolute atomic E-state index is 13.6. The van der Waals surface area contributed by atoms with Crippen molar-refractivity contribution in [1.82, 2.24) is 4.57 Å². The molecule has 2 N–H and O–H groups in total. The van der Waals surface area contributed by atoms with Crippen LogP contribution in [0.2, 0.25) is 0 Å². The summed E-state index contributed by atoms with van der Waals surface area (Å²) in [4.78, 5) is 25.0. The summed E-state index contributed by atoms with van der Waals surface area (Å²) in [5.41, 5.74) is 1.80. The number of aromatic carboxylic acids is 1. The number of carboxylic acids is 1. The van der Waals surface area contributed by atoms with Crippen molar-refractivity contribution < 1.29 is 14.3 Å². The van der Waals surface area contributed by atoms with Crippen molar-refractivity contribution >= 4 is 38.9 Å². The molecule has 0 aliphatic heterocycles. The van der Waals surface area contributed by atoms with Gasteiger partial charge < -0.3 is 10.4 Å². The lowest BCUT2D eigenvalue weighted by Crippen LogP contribution is -2.16. The highest BCUT2D eigenvalue weighted by molar-refractivity contribution is 7.21. The van der Waals surface area contributed by atoms with Gasteiger partial charge in [-0.1, -0.05) is 18.2 Å². The van der Waals surface area contributed by atoms with Gasteiger partial charge in [-0.2, -0.15) is 0 Å². The fourth-order valence-electron chi connectivity index (χ4n) is 3.04. The third-order valence-corrected chi connectivity index (χ3v) is 5.56. The van der Waals surface area contributed by atoms with Gasteiger partial charge in [0, 0.05) is 17.1 Å². The Kier molecular flexibility index (Phi) is 4.44. The molecule has 28 heavy (non-hydrogen) atoms. The normalized spacial score (nSPS) is 10.9. The number of hydrogen-bond donors (Lipinski definition) is 2. The number of hydrogen-bond acceptors (Lipinski definition) is 4. The Hall–Kier alpha value is -3.45. The molecule has 2 aromatic carbocycles. The van der Waals surface area contributed by atoms with Crippen molar-refractivity contribution in [3.63, 3.8) is 0 Å². The summed E-state index contributed by atoms with van der Waals surface area (Å²) in [6, 6.07) is 16.5. The zero-order valence-corrected chi connectivity index (χ0v) is 15.6. The van der Waals surface area contributed by atoms with Gasteiger partial charge in [-0.15, -0.1) is 11.3 Å². The van der Waals surface area contributed by atoms with Gasteiger partial charge in [0.1, 0.15) is 15.5 Å². The van der Waals surface area contributed by atoms with Crippen LogP contribution in [-0.2, 0) is 0 Å². The smallest absolute Gasteiger partial charge is 0.348 e. The van der Waals surface area contributed by atoms with E-state index in [1.165, 1.54) is 16.7 Å². The van der Waals surface area contributed by atoms with Crippen molar-refractivity contribution in [2.24, 2.45) is 0 Å². The van der Waals surface area contributed by atoms with E-state index in [2.05, 4.69) is 5.32 Å². The fraction of sp³-hybridized carbons (Fsp3) is 0.0476. The summed E-state index contributed by atoms with van der Waals surface area (Å²) in [7, 11) is 0. The second-order valence-electron chi connectivity index (χ2n) is 6.26. The molecule has 0 aliphatic carbocycles. The molecule has 7 heteroatoms. The van der Waals surface area contributed by atoms with Gasteiger partial charge in [-0.05, 0) is 48.9 Å². The average molecular weight is 394 g/mol. The van der Waals surface area contributed by atoms with Crippen LogP contribution in [0, 0.1) is 12.7 Å². The number of aromatic nitrogens is 1. The SMILES string of the molecule is Cc1cc(Nc2c(C(=O)O)sc3c2ccc(=O)n3-c2ccccc2)ccc1F. The van der Waals surface area contributed by atoms with Gasteiger partial charge in [0.05, 0.1) is 11.4 Å². The Balaban J connectivity index is 1.96. The Morgan fingerprint density at radius 1 is 1.11 bits per heavy atom. The van der Waals surface area contributed by atoms with Gasteiger partial charge in [-0.25, -0.2) is 9.18 Å². The van der Waals surface area contributed by atoms with E-state index >= 15 is 0 Å². The molecule has 4 rings (SSSR count). The van der Waals surface area contributed by atoms with Crippen molar-refractivity contribution in [2.45, 2.75) is 6.92 Å². The van der Waals surface area contributed by atoms with E-state index < -0.39 is 5.97 Å². The number of carbonyl (C=O) groups is 1. The van der Waals surface area contributed by atoms with Crippen molar-refractivity contribution in [3.05, 3.63) is 87.3 Å². The van der Waals surface area contributed by atoms with E-state index in [-0.39, 0.29) is 16.3 Å². The number of nitrogens with one attached hydrogen (secondary N) is 1. The number of aryl methyl sites for hydroxylation is 1. The number of thiophene rings is 1. The zero-order chi connectivity index (χ0) is 19.8. The lowest BCUT2D eigenvalue weighted by molar-refractivity contribution is 0.0703. The molecule has 0 saturated heterocycles. The maximum atomic E-state index is 13.6. The highest BCUT2D eigenvalue weighted by atomic mass is 32.1. The molecule has 2 aromatic heterocycles. The third kappa shape index (κ3) is 3.05. The molecule has 0 amide bonds. The minimum Gasteiger partial charge on any atom is -0.477 e. The summed E-state index contributed by atoms with van der Waals surface area (Å²) >= 11 is 1.02. The second kappa shape index (κ2) is 6.94. The van der Waals surface area contributed by atoms with Crippen LogP contribution >= 0.6 is 11.3 Å². The summed E-state index contributed by atoms with van der Waals surface area (Å²) in [6.07, 6.45) is 0. The van der Waals surface area contributed by atoms with E-state index in [9.17, 15) is 19.1 Å². The Bertz CT molecular complexity index is 1260. The molecule has 0 bridgehead atoms. The van der Waals surface area contributed by atoms with Gasteiger partial charge >= 0.3 is 5.97 Å². The molecule has 0 aliphatic rings. The van der Waals surface area contributed by atoms with Gasteiger partial charge in [0.15, 0.2) is 0 Å². The maximum Gasteiger partial charge on any atom is 0.348 e. The predicted octanol–water partition coefficient (Wildman–Crippen LogP) is 4.94. The lowest BCUT2D eigenvalue weighted by Gasteiger charge is -2.09. The predicted molar refractivity (Wildman–Crippen MR) is 109 cm³/mol. The Labute approximate surface area is 163 Å². The molecule has 0 unspecified atom stereocenters. The minimum atomic E-state index is -1.10. The molecular weight excluding hydrogens is 379 g/mol. The third-order valence-electron chi connectivity index (χ3n) is 4.38. The summed E-state index contributed by atoms with van der Waals surface area (Å²) in [5, 5.41) is 13.4. The summed E-state index contributed by atoms with van der Waals surface area (Å²) in [5.74, 6) is -1.44. The zero-order valence-electron chi connectivity index (χ0n) is 14.8. The highest BCUT2D eigenvalue weighted by Crippen LogP contribution is 2.38. The van der Waals surface area contributed by atoms with E-state index in [1.54, 1.807) is 37.3 Å². The number of nitrogens with zero attached hydrogens (tertiary/aromatic N) is 1. The largest absolute Gasteiger partial charge is 0.477 e. The first kappa shape index (κ1) is 17.9. The monoisotopic (exact) mass is 394 g/mol. The van der Waals surface area contributed by atoms with Crippen molar-refractivity contribution in [1.29, 1.82) is 0 Å². The van der Waals surface area contributed by atoms with Crippen LogP contribution in [-0.4, -0.2) is 15.6 Å². The molecule has 2 heterocycles. The topological polar surface area (TPSA) is 71.3 Å². The number of halogens is 1. The standard InChI is InChI=1S/C21H15FN2O3S/c1-12-11-13(7-9-16(12)22)23-18-15-8-10-17(25)24(14-5-3-2-4-6-14)20(15)28-19(18)21(26)27/h2-11,23H,1H3,(H,26,27). The number of rotatable bonds is 4. The van der Waals surface area contributed by atoms with Gasteiger partial charge in [-0.3, -0.25) is 9.36 Å². The quantitative estimate of drug-likeness (QED) is 0.514. The average Bonchev–Trinajstić information content (AvgIpc) is 3.04. The number of pyridine rings is 1. The van der Waals surface area contributed by atoms with Crippen LogP contribution in [0.5, 0.6) is 0 Å². The van der Waals surface area contributed by atoms with Crippen LogP contribution in [0.15, 0.2) is 65.5 Å². The summed E-state index contributed by atoms with van der Waals surface area (Å²) in [6.45, 7) is 1.64. The molecule has 0 fully saturated rings.